The number of nitrogens with zero attached hydrogens (tertiary/aromatic N) is 2. The smallest absolute Gasteiger partial charge is 0.244 e. The number of amides is 1. The molecule has 1 rings (SSSR count). The highest BCUT2D eigenvalue weighted by Crippen LogP contribution is 2.29. The maximum Gasteiger partial charge on any atom is 0.244 e. The molecule has 1 unspecified atom stereocenters. The van der Waals surface area contributed by atoms with Crippen LogP contribution in [0.25, 0.3) is 0 Å². The van der Waals surface area contributed by atoms with E-state index in [-0.39, 0.29) is 5.91 Å². The van der Waals surface area contributed by atoms with Gasteiger partial charge in [0.25, 0.3) is 0 Å². The minimum atomic E-state index is -0.573. The lowest BCUT2D eigenvalue weighted by Gasteiger charge is -2.17. The lowest BCUT2D eigenvalue weighted by molar-refractivity contribution is -0.120. The Kier molecular flexibility index (Phi) is 4.13. The van der Waals surface area contributed by atoms with Gasteiger partial charge in [-0.2, -0.15) is 5.26 Å². The molecule has 3 nitrogen and oxygen atoms in total. The van der Waals surface area contributed by atoms with Crippen LogP contribution in [0, 0.1) is 17.2 Å². The highest BCUT2D eigenvalue weighted by Gasteiger charge is 2.21. The van der Waals surface area contributed by atoms with Gasteiger partial charge in [0.2, 0.25) is 5.91 Å². The molecule has 0 fully saturated rings. The van der Waals surface area contributed by atoms with Crippen LogP contribution in [0.4, 0.5) is 5.00 Å². The van der Waals surface area contributed by atoms with Crippen molar-refractivity contribution in [1.82, 2.24) is 0 Å². The number of carbonyl (C=O) groups excluding carboxylic acids is 1. The van der Waals surface area contributed by atoms with Gasteiger partial charge in [-0.15, -0.1) is 11.3 Å². The molecule has 0 radical (unpaired) electrons. The summed E-state index contributed by atoms with van der Waals surface area (Å²) in [4.78, 5) is 13.3. The van der Waals surface area contributed by atoms with Gasteiger partial charge in [-0.05, 0) is 18.6 Å². The molecule has 1 aromatic heterocycles. The van der Waals surface area contributed by atoms with Crippen LogP contribution in [0.15, 0.2) is 12.1 Å². The SMILES string of the molecule is CCC(C#N)C(=O)N(C)c1ccc(Cl)s1. The zero-order valence-electron chi connectivity index (χ0n) is 8.53. The van der Waals surface area contributed by atoms with E-state index >= 15 is 0 Å². The Bertz CT molecular complexity index is 396. The summed E-state index contributed by atoms with van der Waals surface area (Å²) in [5, 5.41) is 9.54. The van der Waals surface area contributed by atoms with E-state index in [1.54, 1.807) is 19.2 Å². The Labute approximate surface area is 97.9 Å². The van der Waals surface area contributed by atoms with Crippen molar-refractivity contribution in [2.75, 3.05) is 11.9 Å². The Morgan fingerprint density at radius 3 is 2.80 bits per heavy atom. The molecule has 0 saturated heterocycles. The molecule has 80 valence electrons. The molecule has 0 aliphatic carbocycles. The third kappa shape index (κ3) is 2.71. The Hall–Kier alpha value is -1.05. The number of rotatable bonds is 3. The first-order valence-electron chi connectivity index (χ1n) is 4.52. The summed E-state index contributed by atoms with van der Waals surface area (Å²) in [6.45, 7) is 1.82. The molecule has 15 heavy (non-hydrogen) atoms. The van der Waals surface area contributed by atoms with Gasteiger partial charge in [0.15, 0.2) is 0 Å². The molecule has 1 atom stereocenters. The van der Waals surface area contributed by atoms with Crippen LogP contribution in [-0.2, 0) is 4.79 Å². The summed E-state index contributed by atoms with van der Waals surface area (Å²) in [5.74, 6) is -0.755. The summed E-state index contributed by atoms with van der Waals surface area (Å²) in [6.07, 6.45) is 0.527. The lowest BCUT2D eigenvalue weighted by Crippen LogP contribution is -2.31. The fraction of sp³-hybridized carbons (Fsp3) is 0.400. The molecular weight excluding hydrogens is 232 g/mol. The van der Waals surface area contributed by atoms with Crippen molar-refractivity contribution in [3.05, 3.63) is 16.5 Å². The van der Waals surface area contributed by atoms with E-state index in [4.69, 9.17) is 16.9 Å². The summed E-state index contributed by atoms with van der Waals surface area (Å²) in [5.41, 5.74) is 0. The van der Waals surface area contributed by atoms with Crippen molar-refractivity contribution in [3.63, 3.8) is 0 Å². The van der Waals surface area contributed by atoms with E-state index in [0.29, 0.717) is 10.8 Å². The monoisotopic (exact) mass is 242 g/mol. The number of anilines is 1. The first-order chi connectivity index (χ1) is 7.10. The van der Waals surface area contributed by atoms with Crippen molar-refractivity contribution in [1.29, 1.82) is 5.26 Å². The topological polar surface area (TPSA) is 44.1 Å². The Morgan fingerprint density at radius 2 is 2.40 bits per heavy atom. The van der Waals surface area contributed by atoms with Gasteiger partial charge in [0.05, 0.1) is 15.4 Å². The fourth-order valence-corrected chi connectivity index (χ4v) is 2.15. The van der Waals surface area contributed by atoms with E-state index in [9.17, 15) is 4.79 Å². The molecular formula is C10H11ClN2OS. The minimum absolute atomic E-state index is 0.182. The van der Waals surface area contributed by atoms with Gasteiger partial charge in [-0.25, -0.2) is 0 Å². The van der Waals surface area contributed by atoms with E-state index < -0.39 is 5.92 Å². The minimum Gasteiger partial charge on any atom is -0.306 e. The van der Waals surface area contributed by atoms with Crippen LogP contribution in [0.1, 0.15) is 13.3 Å². The van der Waals surface area contributed by atoms with Gasteiger partial charge >= 0.3 is 0 Å². The number of carbonyl (C=O) groups is 1. The highest BCUT2D eigenvalue weighted by molar-refractivity contribution is 7.20. The van der Waals surface area contributed by atoms with Gasteiger partial charge in [0.1, 0.15) is 5.92 Å². The number of halogens is 1. The molecule has 0 N–H and O–H groups in total. The van der Waals surface area contributed by atoms with Crippen molar-refractivity contribution in [2.24, 2.45) is 5.92 Å². The zero-order valence-corrected chi connectivity index (χ0v) is 10.1. The normalized spacial score (nSPS) is 11.9. The van der Waals surface area contributed by atoms with E-state index in [2.05, 4.69) is 0 Å². The molecule has 0 spiro atoms. The van der Waals surface area contributed by atoms with Crippen molar-refractivity contribution >= 4 is 33.8 Å². The first-order valence-corrected chi connectivity index (χ1v) is 5.72. The van der Waals surface area contributed by atoms with Gasteiger partial charge < -0.3 is 4.90 Å². The van der Waals surface area contributed by atoms with Crippen molar-refractivity contribution in [3.8, 4) is 6.07 Å². The van der Waals surface area contributed by atoms with Gasteiger partial charge in [-0.1, -0.05) is 18.5 Å². The molecule has 0 aromatic carbocycles. The van der Waals surface area contributed by atoms with Gasteiger partial charge in [0, 0.05) is 7.05 Å². The Balaban J connectivity index is 2.81. The van der Waals surface area contributed by atoms with Crippen molar-refractivity contribution < 1.29 is 4.79 Å². The largest absolute Gasteiger partial charge is 0.306 e. The molecule has 1 amide bonds. The predicted octanol–water partition coefficient (Wildman–Crippen LogP) is 2.91. The van der Waals surface area contributed by atoms with Crippen LogP contribution in [0.3, 0.4) is 0 Å². The fourth-order valence-electron chi connectivity index (χ4n) is 1.15. The third-order valence-electron chi connectivity index (χ3n) is 2.08. The van der Waals surface area contributed by atoms with Gasteiger partial charge in [-0.3, -0.25) is 4.79 Å². The average Bonchev–Trinajstić information content (AvgIpc) is 2.65. The number of nitriles is 1. The molecule has 0 bridgehead atoms. The molecule has 0 aliphatic rings. The average molecular weight is 243 g/mol. The van der Waals surface area contributed by atoms with E-state index in [1.807, 2.05) is 13.0 Å². The quantitative estimate of drug-likeness (QED) is 0.818. The maximum atomic E-state index is 11.8. The van der Waals surface area contributed by atoms with Crippen LogP contribution in [0.2, 0.25) is 4.34 Å². The summed E-state index contributed by atoms with van der Waals surface area (Å²) >= 11 is 7.10. The molecule has 0 saturated carbocycles. The second kappa shape index (κ2) is 5.15. The second-order valence-electron chi connectivity index (χ2n) is 3.06. The Morgan fingerprint density at radius 1 is 1.73 bits per heavy atom. The maximum absolute atomic E-state index is 11.8. The summed E-state index contributed by atoms with van der Waals surface area (Å²) in [7, 11) is 1.66. The van der Waals surface area contributed by atoms with Crippen LogP contribution >= 0.6 is 22.9 Å². The van der Waals surface area contributed by atoms with Crippen LogP contribution in [0.5, 0.6) is 0 Å². The van der Waals surface area contributed by atoms with E-state index in [1.165, 1.54) is 16.2 Å². The summed E-state index contributed by atoms with van der Waals surface area (Å²) < 4.78 is 0.634. The van der Waals surface area contributed by atoms with E-state index in [0.717, 1.165) is 5.00 Å². The third-order valence-corrected chi connectivity index (χ3v) is 3.39. The molecule has 5 heteroatoms. The zero-order chi connectivity index (χ0) is 11.4. The number of thiophene rings is 1. The second-order valence-corrected chi connectivity index (χ2v) is 4.76. The number of hydrogen-bond donors (Lipinski definition) is 0. The highest BCUT2D eigenvalue weighted by atomic mass is 35.5. The molecule has 1 heterocycles. The van der Waals surface area contributed by atoms with Crippen LogP contribution < -0.4 is 4.90 Å². The summed E-state index contributed by atoms with van der Waals surface area (Å²) in [6, 6.07) is 5.50. The van der Waals surface area contributed by atoms with Crippen LogP contribution in [-0.4, -0.2) is 13.0 Å². The first kappa shape index (κ1) is 12.0. The lowest BCUT2D eigenvalue weighted by atomic mass is 10.1. The molecule has 1 aromatic rings. The molecule has 0 aliphatic heterocycles. The number of hydrogen-bond acceptors (Lipinski definition) is 3. The van der Waals surface area contributed by atoms with Crippen molar-refractivity contribution in [2.45, 2.75) is 13.3 Å². The standard InChI is InChI=1S/C10H11ClN2OS/c1-3-7(6-12)10(14)13(2)9-5-4-8(11)15-9/h4-5,7H,3H2,1-2H3. The predicted molar refractivity (Wildman–Crippen MR) is 62.1 cm³/mol.